The van der Waals surface area contributed by atoms with E-state index < -0.39 is 35.8 Å². The average molecular weight is 695 g/mol. The van der Waals surface area contributed by atoms with Crippen LogP contribution in [0, 0.1) is 0 Å². The van der Waals surface area contributed by atoms with Crippen molar-refractivity contribution in [1.82, 2.24) is 20.9 Å². The third-order valence-corrected chi connectivity index (χ3v) is 7.85. The molecule has 0 unspecified atom stereocenters. The lowest BCUT2D eigenvalue weighted by Gasteiger charge is -2.27. The number of phenolic OH excluding ortho intramolecular Hbond substituents is 1. The quantitative estimate of drug-likeness (QED) is 0.0481. The van der Waals surface area contributed by atoms with Gasteiger partial charge < -0.3 is 48.9 Å². The molecule has 0 saturated heterocycles. The van der Waals surface area contributed by atoms with Crippen molar-refractivity contribution < 1.29 is 24.3 Å². The van der Waals surface area contributed by atoms with Gasteiger partial charge in [0.1, 0.15) is 23.9 Å². The molecule has 274 valence electrons. The topological polar surface area (TPSA) is 257 Å². The summed E-state index contributed by atoms with van der Waals surface area (Å²) in [5, 5.41) is 18.1. The van der Waals surface area contributed by atoms with E-state index in [0.717, 1.165) is 31.2 Å². The van der Waals surface area contributed by atoms with Gasteiger partial charge in [-0.1, -0.05) is 68.7 Å². The molecule has 4 amide bonds. The maximum atomic E-state index is 13.9. The number of hydrogen-bond acceptors (Lipinski definition) is 7. The lowest BCUT2D eigenvalue weighted by Crippen LogP contribution is -2.56. The van der Waals surface area contributed by atoms with E-state index in [0.29, 0.717) is 18.5 Å². The Kier molecular flexibility index (Phi) is 18.2. The standard InChI is InChI=1S/C35H54N10O5/c1-3-4-5-9-19-40-30(47)18-21-45(2)33(50)29(23-24-11-7-6-8-12-24)43-31(48)27(13-10-20-41-34(36)37)42-32(49)28(44-35(38)39)22-25-14-16-26(46)17-15-25/h6-8,11-12,14-17,27-29,46H,3-5,9-10,13,18-23H2,1-2H3,(H,40,47)(H,42,49)(H,43,48)(H4,36,37,41)(H4,38,39,44)/t27-,28+,29+/m1/s1. The van der Waals surface area contributed by atoms with Gasteiger partial charge in [0.15, 0.2) is 11.9 Å². The van der Waals surface area contributed by atoms with E-state index in [1.807, 2.05) is 30.3 Å². The van der Waals surface area contributed by atoms with E-state index in [1.165, 1.54) is 17.0 Å². The highest BCUT2D eigenvalue weighted by Crippen LogP contribution is 2.14. The Hall–Kier alpha value is -5.34. The molecular weight excluding hydrogens is 640 g/mol. The third kappa shape index (κ3) is 16.2. The summed E-state index contributed by atoms with van der Waals surface area (Å²) in [5.74, 6) is -2.16. The second-order valence-electron chi connectivity index (χ2n) is 12.1. The van der Waals surface area contributed by atoms with Crippen molar-refractivity contribution in [3.63, 3.8) is 0 Å². The Morgan fingerprint density at radius 3 is 2.10 bits per heavy atom. The fraction of sp³-hybridized carbons (Fsp3) is 0.486. The number of carbonyl (C=O) groups is 4. The highest BCUT2D eigenvalue weighted by molar-refractivity contribution is 5.94. The van der Waals surface area contributed by atoms with Crippen LogP contribution in [0.5, 0.6) is 5.75 Å². The Morgan fingerprint density at radius 1 is 0.800 bits per heavy atom. The maximum Gasteiger partial charge on any atom is 0.245 e. The van der Waals surface area contributed by atoms with Crippen molar-refractivity contribution in [1.29, 1.82) is 0 Å². The number of guanidine groups is 2. The van der Waals surface area contributed by atoms with Gasteiger partial charge in [-0.25, -0.2) is 4.99 Å². The predicted octanol–water partition coefficient (Wildman–Crippen LogP) is 0.388. The van der Waals surface area contributed by atoms with Crippen LogP contribution in [0.1, 0.15) is 63.0 Å². The SMILES string of the molecule is CCCCCCNC(=O)CCN(C)C(=O)[C@H](Cc1ccccc1)NC(=O)[C@@H](CCCN=C(N)N)NC(=O)[C@H](Cc1ccc(O)cc1)N=C(N)N. The molecule has 0 aliphatic heterocycles. The highest BCUT2D eigenvalue weighted by Gasteiger charge is 2.30. The molecule has 0 bridgehead atoms. The van der Waals surface area contributed by atoms with Gasteiger partial charge in [-0.3, -0.25) is 24.2 Å². The first-order chi connectivity index (χ1) is 23.9. The molecule has 3 atom stereocenters. The first-order valence-corrected chi connectivity index (χ1v) is 17.0. The van der Waals surface area contributed by atoms with Gasteiger partial charge in [-0.2, -0.15) is 0 Å². The number of aliphatic imine (C=N–C) groups is 2. The van der Waals surface area contributed by atoms with Crippen LogP contribution in [0.15, 0.2) is 64.6 Å². The fourth-order valence-corrected chi connectivity index (χ4v) is 5.11. The number of nitrogens with zero attached hydrogens (tertiary/aromatic N) is 3. The van der Waals surface area contributed by atoms with E-state index in [-0.39, 0.29) is 62.3 Å². The number of aromatic hydroxyl groups is 1. The van der Waals surface area contributed by atoms with Crippen LogP contribution in [0.3, 0.4) is 0 Å². The number of phenols is 1. The summed E-state index contributed by atoms with van der Waals surface area (Å²) < 4.78 is 0. The van der Waals surface area contributed by atoms with Gasteiger partial charge in [-0.15, -0.1) is 0 Å². The molecule has 15 heteroatoms. The van der Waals surface area contributed by atoms with Crippen molar-refractivity contribution in [3.05, 3.63) is 65.7 Å². The lowest BCUT2D eigenvalue weighted by molar-refractivity contribution is -0.137. The highest BCUT2D eigenvalue weighted by atomic mass is 16.3. The van der Waals surface area contributed by atoms with Crippen molar-refractivity contribution in [2.75, 3.05) is 26.7 Å². The molecule has 0 radical (unpaired) electrons. The summed E-state index contributed by atoms with van der Waals surface area (Å²) in [6.45, 7) is 3.05. The van der Waals surface area contributed by atoms with Gasteiger partial charge in [0.05, 0.1) is 0 Å². The number of carbonyl (C=O) groups excluding carboxylic acids is 4. The number of nitrogens with two attached hydrogens (primary N) is 4. The summed E-state index contributed by atoms with van der Waals surface area (Å²) in [7, 11) is 1.58. The molecule has 0 fully saturated rings. The van der Waals surface area contributed by atoms with Gasteiger partial charge in [0.2, 0.25) is 23.6 Å². The number of likely N-dealkylation sites (N-methyl/N-ethyl adjacent to an activating group) is 1. The van der Waals surface area contributed by atoms with E-state index in [4.69, 9.17) is 22.9 Å². The molecule has 0 aliphatic carbocycles. The molecular formula is C35H54N10O5. The zero-order chi connectivity index (χ0) is 36.9. The molecule has 15 nitrogen and oxygen atoms in total. The van der Waals surface area contributed by atoms with E-state index in [9.17, 15) is 24.3 Å². The second-order valence-corrected chi connectivity index (χ2v) is 12.1. The minimum Gasteiger partial charge on any atom is -0.508 e. The van der Waals surface area contributed by atoms with Crippen molar-refractivity contribution in [3.8, 4) is 5.75 Å². The maximum absolute atomic E-state index is 13.9. The first-order valence-electron chi connectivity index (χ1n) is 17.0. The van der Waals surface area contributed by atoms with Crippen molar-refractivity contribution in [2.45, 2.75) is 82.8 Å². The van der Waals surface area contributed by atoms with Crippen LogP contribution in [0.25, 0.3) is 0 Å². The fourth-order valence-electron chi connectivity index (χ4n) is 5.11. The molecule has 2 rings (SSSR count). The number of hydrogen-bond donors (Lipinski definition) is 8. The molecule has 0 aliphatic rings. The zero-order valence-electron chi connectivity index (χ0n) is 29.1. The normalized spacial score (nSPS) is 12.4. The Balaban J connectivity index is 2.24. The number of amides is 4. The number of unbranched alkanes of at least 4 members (excludes halogenated alkanes) is 3. The number of rotatable bonds is 22. The molecule has 2 aromatic rings. The average Bonchev–Trinajstić information content (AvgIpc) is 3.08. The Morgan fingerprint density at radius 2 is 1.46 bits per heavy atom. The van der Waals surface area contributed by atoms with Crippen molar-refractivity contribution in [2.24, 2.45) is 32.9 Å². The third-order valence-electron chi connectivity index (χ3n) is 7.85. The van der Waals surface area contributed by atoms with Crippen LogP contribution < -0.4 is 38.9 Å². The predicted molar refractivity (Wildman–Crippen MR) is 195 cm³/mol. The summed E-state index contributed by atoms with van der Waals surface area (Å²) in [6.07, 6.45) is 4.97. The van der Waals surface area contributed by atoms with Gasteiger partial charge >= 0.3 is 0 Å². The molecule has 0 saturated carbocycles. The van der Waals surface area contributed by atoms with E-state index in [1.54, 1.807) is 19.2 Å². The summed E-state index contributed by atoms with van der Waals surface area (Å²) in [4.78, 5) is 63.1. The second kappa shape index (κ2) is 22.3. The smallest absolute Gasteiger partial charge is 0.245 e. The minimum atomic E-state index is -1.11. The summed E-state index contributed by atoms with van der Waals surface area (Å²) in [5.41, 5.74) is 23.7. The van der Waals surface area contributed by atoms with Crippen LogP contribution in [-0.4, -0.2) is 90.4 Å². The van der Waals surface area contributed by atoms with Gasteiger partial charge in [0.25, 0.3) is 0 Å². The van der Waals surface area contributed by atoms with Crippen LogP contribution >= 0.6 is 0 Å². The van der Waals surface area contributed by atoms with E-state index in [2.05, 4.69) is 32.9 Å². The van der Waals surface area contributed by atoms with E-state index >= 15 is 0 Å². The molecule has 0 aromatic heterocycles. The Labute approximate surface area is 294 Å². The summed E-state index contributed by atoms with van der Waals surface area (Å²) in [6, 6.07) is 12.2. The van der Waals surface area contributed by atoms with Crippen LogP contribution in [-0.2, 0) is 32.0 Å². The first kappa shape index (κ1) is 40.8. The Bertz CT molecular complexity index is 1410. The largest absolute Gasteiger partial charge is 0.508 e. The van der Waals surface area contributed by atoms with Gasteiger partial charge in [0, 0.05) is 45.9 Å². The molecule has 12 N–H and O–H groups in total. The molecule has 50 heavy (non-hydrogen) atoms. The number of nitrogens with one attached hydrogen (secondary N) is 3. The lowest BCUT2D eigenvalue weighted by atomic mass is 10.0. The van der Waals surface area contributed by atoms with Crippen LogP contribution in [0.4, 0.5) is 0 Å². The number of benzene rings is 2. The van der Waals surface area contributed by atoms with Crippen molar-refractivity contribution >= 4 is 35.5 Å². The monoisotopic (exact) mass is 694 g/mol. The molecule has 0 spiro atoms. The minimum absolute atomic E-state index is 0.0559. The zero-order valence-corrected chi connectivity index (χ0v) is 29.1. The van der Waals surface area contributed by atoms with Gasteiger partial charge in [-0.05, 0) is 42.5 Å². The van der Waals surface area contributed by atoms with Crippen LogP contribution in [0.2, 0.25) is 0 Å². The summed E-state index contributed by atoms with van der Waals surface area (Å²) >= 11 is 0. The molecule has 2 aromatic carbocycles. The molecule has 0 heterocycles.